The van der Waals surface area contributed by atoms with Crippen molar-refractivity contribution < 1.29 is 4.79 Å². The number of pyridine rings is 1. The van der Waals surface area contributed by atoms with Crippen molar-refractivity contribution in [3.63, 3.8) is 0 Å². The number of rotatable bonds is 7. The summed E-state index contributed by atoms with van der Waals surface area (Å²) in [6.45, 7) is 4.76. The van der Waals surface area contributed by atoms with Gasteiger partial charge in [-0.3, -0.25) is 4.79 Å². The third-order valence-electron chi connectivity index (χ3n) is 4.25. The van der Waals surface area contributed by atoms with Gasteiger partial charge in [0.15, 0.2) is 5.65 Å². The molecule has 0 bridgehead atoms. The van der Waals surface area contributed by atoms with Gasteiger partial charge in [0.2, 0.25) is 5.91 Å². The number of aryl methyl sites for hydroxylation is 1. The first-order valence-electron chi connectivity index (χ1n) is 8.87. The van der Waals surface area contributed by atoms with E-state index < -0.39 is 0 Å². The minimum atomic E-state index is 0.0466. The maximum Gasteiger partial charge on any atom is 0.220 e. The molecule has 0 fully saturated rings. The Morgan fingerprint density at radius 2 is 2.00 bits per heavy atom. The van der Waals surface area contributed by atoms with Crippen LogP contribution in [0.2, 0.25) is 5.02 Å². The number of halogens is 1. The Kier molecular flexibility index (Phi) is 5.89. The molecule has 1 aromatic carbocycles. The normalized spacial score (nSPS) is 11.2. The molecule has 6 heteroatoms. The first-order valence-corrected chi connectivity index (χ1v) is 9.25. The molecule has 0 spiro atoms. The van der Waals surface area contributed by atoms with Gasteiger partial charge in [-0.2, -0.15) is 0 Å². The third-order valence-corrected chi connectivity index (χ3v) is 4.50. The summed E-state index contributed by atoms with van der Waals surface area (Å²) >= 11 is 5.87. The van der Waals surface area contributed by atoms with E-state index in [1.54, 1.807) is 6.20 Å². The highest BCUT2D eigenvalue weighted by Gasteiger charge is 2.14. The molecule has 0 saturated heterocycles. The van der Waals surface area contributed by atoms with E-state index in [0.717, 1.165) is 35.4 Å². The Labute approximate surface area is 158 Å². The number of carbonyl (C=O) groups excluding carboxylic acids is 1. The quantitative estimate of drug-likeness (QED) is 0.674. The lowest BCUT2D eigenvalue weighted by molar-refractivity contribution is -0.121. The number of imidazole rings is 1. The van der Waals surface area contributed by atoms with Crippen LogP contribution >= 0.6 is 11.6 Å². The smallest absolute Gasteiger partial charge is 0.220 e. The lowest BCUT2D eigenvalue weighted by atomic mass is 10.2. The maximum absolute atomic E-state index is 12.1. The number of aromatic nitrogens is 3. The molecule has 0 aliphatic heterocycles. The van der Waals surface area contributed by atoms with Crippen LogP contribution in [0.15, 0.2) is 42.6 Å². The summed E-state index contributed by atoms with van der Waals surface area (Å²) < 4.78 is 2.15. The SMILES string of the molecule is CC(C)n1c(CCCC(=O)NCc2ccc(Cl)cc2)nc2cccnc21. The van der Waals surface area contributed by atoms with Crippen LogP contribution in [0.1, 0.15) is 44.1 Å². The van der Waals surface area contributed by atoms with Crippen LogP contribution in [0.4, 0.5) is 0 Å². The molecule has 26 heavy (non-hydrogen) atoms. The van der Waals surface area contributed by atoms with Crippen molar-refractivity contribution in [3.8, 4) is 0 Å². The fourth-order valence-electron chi connectivity index (χ4n) is 2.99. The number of carbonyl (C=O) groups is 1. The Morgan fingerprint density at radius 1 is 1.23 bits per heavy atom. The van der Waals surface area contributed by atoms with Gasteiger partial charge < -0.3 is 9.88 Å². The zero-order chi connectivity index (χ0) is 18.5. The highest BCUT2D eigenvalue weighted by Crippen LogP contribution is 2.20. The molecule has 0 aliphatic rings. The highest BCUT2D eigenvalue weighted by molar-refractivity contribution is 6.30. The molecule has 3 rings (SSSR count). The number of nitrogens with one attached hydrogen (secondary N) is 1. The molecule has 1 N–H and O–H groups in total. The van der Waals surface area contributed by atoms with Gasteiger partial charge >= 0.3 is 0 Å². The molecule has 2 heterocycles. The summed E-state index contributed by atoms with van der Waals surface area (Å²) in [6, 6.07) is 11.6. The number of nitrogens with zero attached hydrogens (tertiary/aromatic N) is 3. The van der Waals surface area contributed by atoms with Gasteiger partial charge in [0, 0.05) is 36.6 Å². The minimum absolute atomic E-state index is 0.0466. The van der Waals surface area contributed by atoms with Crippen LogP contribution in [-0.4, -0.2) is 20.4 Å². The summed E-state index contributed by atoms with van der Waals surface area (Å²) in [5, 5.41) is 3.64. The van der Waals surface area contributed by atoms with E-state index in [0.29, 0.717) is 18.0 Å². The zero-order valence-electron chi connectivity index (χ0n) is 15.1. The second kappa shape index (κ2) is 8.32. The summed E-state index contributed by atoms with van der Waals surface area (Å²) in [7, 11) is 0. The molecule has 0 aliphatic carbocycles. The lowest BCUT2D eigenvalue weighted by Crippen LogP contribution is -2.22. The van der Waals surface area contributed by atoms with Crippen molar-refractivity contribution in [1.82, 2.24) is 19.9 Å². The molecule has 5 nitrogen and oxygen atoms in total. The topological polar surface area (TPSA) is 59.8 Å². The van der Waals surface area contributed by atoms with E-state index in [1.807, 2.05) is 36.4 Å². The van der Waals surface area contributed by atoms with Crippen molar-refractivity contribution in [2.24, 2.45) is 0 Å². The molecular weight excluding hydrogens is 348 g/mol. The largest absolute Gasteiger partial charge is 0.352 e. The van der Waals surface area contributed by atoms with Gasteiger partial charge in [-0.1, -0.05) is 23.7 Å². The zero-order valence-corrected chi connectivity index (χ0v) is 15.8. The van der Waals surface area contributed by atoms with Crippen molar-refractivity contribution in [2.75, 3.05) is 0 Å². The molecule has 0 saturated carbocycles. The second-order valence-electron chi connectivity index (χ2n) is 6.59. The van der Waals surface area contributed by atoms with Gasteiger partial charge in [-0.15, -0.1) is 0 Å². The number of amides is 1. The van der Waals surface area contributed by atoms with Crippen molar-refractivity contribution in [3.05, 3.63) is 59.0 Å². The van der Waals surface area contributed by atoms with E-state index in [4.69, 9.17) is 11.6 Å². The maximum atomic E-state index is 12.1. The first-order chi connectivity index (χ1) is 12.5. The molecule has 0 atom stereocenters. The van der Waals surface area contributed by atoms with Crippen LogP contribution in [0.3, 0.4) is 0 Å². The minimum Gasteiger partial charge on any atom is -0.352 e. The summed E-state index contributed by atoms with van der Waals surface area (Å²) in [4.78, 5) is 21.2. The Balaban J connectivity index is 1.54. The van der Waals surface area contributed by atoms with Gasteiger partial charge in [0.1, 0.15) is 11.3 Å². The molecule has 1 amide bonds. The van der Waals surface area contributed by atoms with Gasteiger partial charge in [0.05, 0.1) is 0 Å². The van der Waals surface area contributed by atoms with Gasteiger partial charge in [0.25, 0.3) is 0 Å². The molecule has 136 valence electrons. The third kappa shape index (κ3) is 4.41. The molecular formula is C20H23ClN4O. The van der Waals surface area contributed by atoms with E-state index in [1.165, 1.54) is 0 Å². The fraction of sp³-hybridized carbons (Fsp3) is 0.350. The molecule has 3 aromatic rings. The molecule has 0 radical (unpaired) electrons. The Morgan fingerprint density at radius 3 is 2.73 bits per heavy atom. The van der Waals surface area contributed by atoms with Crippen LogP contribution in [0, 0.1) is 0 Å². The number of hydrogen-bond acceptors (Lipinski definition) is 3. The van der Waals surface area contributed by atoms with Crippen LogP contribution in [0.25, 0.3) is 11.2 Å². The Bertz CT molecular complexity index is 886. The van der Waals surface area contributed by atoms with Crippen molar-refractivity contribution in [1.29, 1.82) is 0 Å². The van der Waals surface area contributed by atoms with E-state index in [9.17, 15) is 4.79 Å². The van der Waals surface area contributed by atoms with Gasteiger partial charge in [-0.05, 0) is 50.1 Å². The molecule has 0 unspecified atom stereocenters. The van der Waals surface area contributed by atoms with Crippen molar-refractivity contribution >= 4 is 28.7 Å². The Hall–Kier alpha value is -2.40. The lowest BCUT2D eigenvalue weighted by Gasteiger charge is -2.12. The van der Waals surface area contributed by atoms with Crippen LogP contribution in [0.5, 0.6) is 0 Å². The summed E-state index contributed by atoms with van der Waals surface area (Å²) in [5.41, 5.74) is 2.85. The number of fused-ring (bicyclic) bond motifs is 1. The standard InChI is InChI=1S/C20H23ClN4O/c1-14(2)25-18(24-17-5-4-12-22-20(17)25)6-3-7-19(26)23-13-15-8-10-16(21)11-9-15/h4-5,8-12,14H,3,6-7,13H2,1-2H3,(H,23,26). The predicted octanol–water partition coefficient (Wildman–Crippen LogP) is 4.30. The summed E-state index contributed by atoms with van der Waals surface area (Å²) in [6.07, 6.45) is 3.77. The van der Waals surface area contributed by atoms with Crippen LogP contribution < -0.4 is 5.32 Å². The van der Waals surface area contributed by atoms with E-state index in [-0.39, 0.29) is 11.9 Å². The van der Waals surface area contributed by atoms with Crippen LogP contribution in [-0.2, 0) is 17.8 Å². The number of benzene rings is 1. The number of hydrogen-bond donors (Lipinski definition) is 1. The second-order valence-corrected chi connectivity index (χ2v) is 7.03. The average Bonchev–Trinajstić information content (AvgIpc) is 2.99. The van der Waals surface area contributed by atoms with E-state index in [2.05, 4.69) is 33.7 Å². The monoisotopic (exact) mass is 370 g/mol. The van der Waals surface area contributed by atoms with Crippen molar-refractivity contribution in [2.45, 2.75) is 45.7 Å². The van der Waals surface area contributed by atoms with Gasteiger partial charge in [-0.25, -0.2) is 9.97 Å². The fourth-order valence-corrected chi connectivity index (χ4v) is 3.12. The highest BCUT2D eigenvalue weighted by atomic mass is 35.5. The predicted molar refractivity (Wildman–Crippen MR) is 104 cm³/mol. The summed E-state index contributed by atoms with van der Waals surface area (Å²) in [5.74, 6) is 1.03. The van der Waals surface area contributed by atoms with E-state index >= 15 is 0 Å². The first kappa shape index (κ1) is 18.4. The average molecular weight is 371 g/mol. The molecule has 2 aromatic heterocycles.